The maximum Gasteiger partial charge on any atom is 0.260 e. The number of halogens is 1. The summed E-state index contributed by atoms with van der Waals surface area (Å²) in [6, 6.07) is 6.40. The lowest BCUT2D eigenvalue weighted by Gasteiger charge is -2.36. The Morgan fingerprint density at radius 3 is 2.42 bits per heavy atom. The van der Waals surface area contributed by atoms with Gasteiger partial charge in [-0.05, 0) is 45.6 Å². The zero-order chi connectivity index (χ0) is 17.4. The van der Waals surface area contributed by atoms with Gasteiger partial charge in [0, 0.05) is 13.6 Å². The van der Waals surface area contributed by atoms with Gasteiger partial charge in [0.15, 0.2) is 0 Å². The van der Waals surface area contributed by atoms with Crippen LogP contribution in [0.5, 0.6) is 0 Å². The van der Waals surface area contributed by atoms with Gasteiger partial charge in [-0.2, -0.15) is 9.49 Å². The number of aryl methyl sites for hydroxylation is 4. The van der Waals surface area contributed by atoms with Gasteiger partial charge in [-0.1, -0.05) is 29.3 Å². The number of hydrogen-bond acceptors (Lipinski definition) is 2. The molecule has 1 saturated heterocycles. The third-order valence-corrected chi connectivity index (χ3v) is 4.76. The fourth-order valence-electron chi connectivity index (χ4n) is 3.74. The summed E-state index contributed by atoms with van der Waals surface area (Å²) >= 11 is 0. The van der Waals surface area contributed by atoms with Gasteiger partial charge >= 0.3 is 0 Å². The van der Waals surface area contributed by atoms with E-state index in [1.54, 1.807) is 6.92 Å². The van der Waals surface area contributed by atoms with Gasteiger partial charge in [0.25, 0.3) is 5.91 Å². The average Bonchev–Trinajstić information content (AvgIpc) is 2.78. The average molecular weight is 329 g/mol. The number of carbonyl (C=O) groups excluding carboxylic acids is 1. The number of rotatable bonds is 2. The number of carbonyl (C=O) groups is 1. The molecule has 2 aromatic rings. The Balaban J connectivity index is 1.99. The molecule has 1 amide bonds. The van der Waals surface area contributed by atoms with Crippen molar-refractivity contribution in [1.29, 1.82) is 0 Å². The van der Waals surface area contributed by atoms with E-state index in [1.165, 1.54) is 18.2 Å². The topological polar surface area (TPSA) is 38.1 Å². The fraction of sp³-hybridized carbons (Fsp3) is 0.474. The van der Waals surface area contributed by atoms with Crippen LogP contribution in [0.1, 0.15) is 58.0 Å². The summed E-state index contributed by atoms with van der Waals surface area (Å²) in [5.74, 6) is -0.802. The van der Waals surface area contributed by atoms with Gasteiger partial charge in [0.2, 0.25) is 5.95 Å². The SMILES string of the molecule is Cc1cc(C)cc(C2CCCCN2C(=O)c2c(C)nn(C)c2F)c1. The summed E-state index contributed by atoms with van der Waals surface area (Å²) in [5, 5.41) is 4.05. The summed E-state index contributed by atoms with van der Waals surface area (Å²) in [6.07, 6.45) is 2.94. The molecule has 1 aliphatic rings. The van der Waals surface area contributed by atoms with Gasteiger partial charge in [-0.25, -0.2) is 4.68 Å². The van der Waals surface area contributed by atoms with E-state index >= 15 is 0 Å². The molecule has 0 saturated carbocycles. The highest BCUT2D eigenvalue weighted by Gasteiger charge is 2.32. The van der Waals surface area contributed by atoms with Crippen LogP contribution in [0.15, 0.2) is 18.2 Å². The second kappa shape index (κ2) is 6.38. The highest BCUT2D eigenvalue weighted by atomic mass is 19.1. The quantitative estimate of drug-likeness (QED) is 0.839. The second-order valence-electron chi connectivity index (χ2n) is 6.81. The molecule has 0 bridgehead atoms. The Morgan fingerprint density at radius 2 is 1.83 bits per heavy atom. The van der Waals surface area contributed by atoms with Crippen molar-refractivity contribution in [3.63, 3.8) is 0 Å². The van der Waals surface area contributed by atoms with Crippen LogP contribution in [0.25, 0.3) is 0 Å². The molecule has 1 aromatic carbocycles. The van der Waals surface area contributed by atoms with E-state index in [0.29, 0.717) is 12.2 Å². The van der Waals surface area contributed by atoms with Gasteiger partial charge < -0.3 is 4.90 Å². The van der Waals surface area contributed by atoms with Crippen LogP contribution < -0.4 is 0 Å². The molecular weight excluding hydrogens is 305 g/mol. The molecule has 128 valence electrons. The summed E-state index contributed by atoms with van der Waals surface area (Å²) in [4.78, 5) is 14.9. The van der Waals surface area contributed by atoms with Gasteiger partial charge in [-0.3, -0.25) is 4.79 Å². The first-order valence-electron chi connectivity index (χ1n) is 8.46. The highest BCUT2D eigenvalue weighted by Crippen LogP contribution is 2.33. The Morgan fingerprint density at radius 1 is 1.17 bits per heavy atom. The number of benzene rings is 1. The normalized spacial score (nSPS) is 18.0. The fourth-order valence-corrected chi connectivity index (χ4v) is 3.74. The summed E-state index contributed by atoms with van der Waals surface area (Å²) in [7, 11) is 1.52. The van der Waals surface area contributed by atoms with Crippen molar-refractivity contribution in [2.45, 2.75) is 46.1 Å². The van der Waals surface area contributed by atoms with Crippen LogP contribution in [0.2, 0.25) is 0 Å². The van der Waals surface area contributed by atoms with E-state index < -0.39 is 5.95 Å². The first-order valence-corrected chi connectivity index (χ1v) is 8.46. The number of aromatic nitrogens is 2. The number of hydrogen-bond donors (Lipinski definition) is 0. The molecule has 1 aromatic heterocycles. The molecule has 0 spiro atoms. The van der Waals surface area contributed by atoms with Crippen molar-refractivity contribution in [3.05, 3.63) is 52.1 Å². The number of piperidine rings is 1. The molecule has 5 heteroatoms. The van der Waals surface area contributed by atoms with Crippen molar-refractivity contribution < 1.29 is 9.18 Å². The van der Waals surface area contributed by atoms with Crippen LogP contribution in [0.4, 0.5) is 4.39 Å². The molecule has 0 radical (unpaired) electrons. The molecule has 0 N–H and O–H groups in total. The van der Waals surface area contributed by atoms with Crippen molar-refractivity contribution >= 4 is 5.91 Å². The Kier molecular flexibility index (Phi) is 4.43. The van der Waals surface area contributed by atoms with Crippen LogP contribution in [0, 0.1) is 26.7 Å². The molecule has 1 atom stereocenters. The highest BCUT2D eigenvalue weighted by molar-refractivity contribution is 5.95. The third kappa shape index (κ3) is 2.95. The van der Waals surface area contributed by atoms with Crippen LogP contribution in [0.3, 0.4) is 0 Å². The number of likely N-dealkylation sites (tertiary alicyclic amines) is 1. The third-order valence-electron chi connectivity index (χ3n) is 4.76. The first kappa shape index (κ1) is 16.7. The van der Waals surface area contributed by atoms with E-state index in [0.717, 1.165) is 29.5 Å². The molecule has 1 unspecified atom stereocenters. The van der Waals surface area contributed by atoms with E-state index in [4.69, 9.17) is 0 Å². The summed E-state index contributed by atoms with van der Waals surface area (Å²) in [6.45, 7) is 6.48. The van der Waals surface area contributed by atoms with Crippen molar-refractivity contribution in [3.8, 4) is 0 Å². The minimum absolute atomic E-state index is 0.00357. The second-order valence-corrected chi connectivity index (χ2v) is 6.81. The molecule has 4 nitrogen and oxygen atoms in total. The minimum atomic E-state index is -0.553. The Labute approximate surface area is 142 Å². The van der Waals surface area contributed by atoms with Crippen LogP contribution >= 0.6 is 0 Å². The van der Waals surface area contributed by atoms with Crippen molar-refractivity contribution in [1.82, 2.24) is 14.7 Å². The van der Waals surface area contributed by atoms with Crippen LogP contribution in [-0.4, -0.2) is 27.1 Å². The lowest BCUT2D eigenvalue weighted by atomic mass is 9.92. The maximum atomic E-state index is 14.3. The van der Waals surface area contributed by atoms with Gasteiger partial charge in [0.05, 0.1) is 11.7 Å². The maximum absolute atomic E-state index is 14.3. The first-order chi connectivity index (χ1) is 11.4. The largest absolute Gasteiger partial charge is 0.331 e. The molecule has 1 fully saturated rings. The van der Waals surface area contributed by atoms with Crippen molar-refractivity contribution in [2.24, 2.45) is 7.05 Å². The number of amides is 1. The Hall–Kier alpha value is -2.17. The monoisotopic (exact) mass is 329 g/mol. The van der Waals surface area contributed by atoms with E-state index in [1.807, 2.05) is 4.90 Å². The minimum Gasteiger partial charge on any atom is -0.331 e. The zero-order valence-corrected chi connectivity index (χ0v) is 14.8. The lowest BCUT2D eigenvalue weighted by Crippen LogP contribution is -2.39. The molecule has 2 heterocycles. The smallest absolute Gasteiger partial charge is 0.260 e. The molecule has 3 rings (SSSR count). The standard InChI is InChI=1S/C19H24FN3O/c1-12-9-13(2)11-15(10-12)16-7-5-6-8-23(16)19(24)17-14(3)21-22(4)18(17)20/h9-11,16H,5-8H2,1-4H3. The predicted molar refractivity (Wildman–Crippen MR) is 91.4 cm³/mol. The Bertz CT molecular complexity index is 761. The zero-order valence-electron chi connectivity index (χ0n) is 14.8. The van der Waals surface area contributed by atoms with E-state index in [2.05, 4.69) is 37.1 Å². The van der Waals surface area contributed by atoms with Gasteiger partial charge in [0.1, 0.15) is 5.56 Å². The number of nitrogens with zero attached hydrogens (tertiary/aromatic N) is 3. The summed E-state index contributed by atoms with van der Waals surface area (Å²) < 4.78 is 15.5. The summed E-state index contributed by atoms with van der Waals surface area (Å²) in [5.41, 5.74) is 4.07. The van der Waals surface area contributed by atoms with E-state index in [-0.39, 0.29) is 17.5 Å². The van der Waals surface area contributed by atoms with Crippen LogP contribution in [-0.2, 0) is 7.05 Å². The molecule has 0 aliphatic carbocycles. The van der Waals surface area contributed by atoms with E-state index in [9.17, 15) is 9.18 Å². The molecule has 1 aliphatic heterocycles. The predicted octanol–water partition coefficient (Wildman–Crippen LogP) is 3.85. The molecule has 24 heavy (non-hydrogen) atoms. The molecular formula is C19H24FN3O. The van der Waals surface area contributed by atoms with Gasteiger partial charge in [-0.15, -0.1) is 0 Å². The van der Waals surface area contributed by atoms with Crippen molar-refractivity contribution in [2.75, 3.05) is 6.54 Å². The lowest BCUT2D eigenvalue weighted by molar-refractivity contribution is 0.0605.